The number of allylic oxidation sites excluding steroid dienone is 1. The number of benzene rings is 3. The van der Waals surface area contributed by atoms with Crippen molar-refractivity contribution in [3.63, 3.8) is 0 Å². The van der Waals surface area contributed by atoms with Crippen molar-refractivity contribution in [2.24, 2.45) is 0 Å². The van der Waals surface area contributed by atoms with Crippen LogP contribution >= 0.6 is 0 Å². The van der Waals surface area contributed by atoms with E-state index in [1.807, 2.05) is 55.6 Å². The Bertz CT molecular complexity index is 1530. The molecular weight excluding hydrogens is 502 g/mol. The van der Waals surface area contributed by atoms with Crippen LogP contribution in [0.25, 0.3) is 0 Å². The summed E-state index contributed by atoms with van der Waals surface area (Å²) in [4.78, 5) is 2.11. The van der Waals surface area contributed by atoms with E-state index < -0.39 is 20.8 Å². The molecule has 7 nitrogen and oxygen atoms in total. The number of hydrogen-bond acceptors (Lipinski definition) is 6. The van der Waals surface area contributed by atoms with Gasteiger partial charge in [0, 0.05) is 47.8 Å². The highest BCUT2D eigenvalue weighted by molar-refractivity contribution is 7.87. The average Bonchev–Trinajstić information content (AvgIpc) is 3.27. The maximum absolute atomic E-state index is 13.7. The van der Waals surface area contributed by atoms with E-state index in [4.69, 9.17) is 14.2 Å². The van der Waals surface area contributed by atoms with E-state index >= 15 is 0 Å². The van der Waals surface area contributed by atoms with Gasteiger partial charge in [-0.15, -0.1) is 0 Å². The van der Waals surface area contributed by atoms with Crippen LogP contribution in [-0.4, -0.2) is 52.8 Å². The van der Waals surface area contributed by atoms with E-state index in [2.05, 4.69) is 4.90 Å². The van der Waals surface area contributed by atoms with Gasteiger partial charge in [-0.05, 0) is 29.8 Å². The van der Waals surface area contributed by atoms with E-state index in [1.54, 1.807) is 50.6 Å². The number of para-hydroxylation sites is 3. The highest BCUT2D eigenvalue weighted by Crippen LogP contribution is 2.60. The molecule has 0 amide bonds. The summed E-state index contributed by atoms with van der Waals surface area (Å²) in [5.41, 5.74) is 3.67. The van der Waals surface area contributed by atoms with Gasteiger partial charge in [-0.3, -0.25) is 4.55 Å². The summed E-state index contributed by atoms with van der Waals surface area (Å²) in [7, 11) is 1.88. The summed E-state index contributed by atoms with van der Waals surface area (Å²) in [6, 6.07) is 22.1. The molecule has 38 heavy (non-hydrogen) atoms. The predicted molar refractivity (Wildman–Crippen MR) is 146 cm³/mol. The lowest BCUT2D eigenvalue weighted by molar-refractivity contribution is 0.378. The van der Waals surface area contributed by atoms with Crippen molar-refractivity contribution in [3.8, 4) is 17.2 Å². The molecule has 3 aromatic rings. The first kappa shape index (κ1) is 25.9. The van der Waals surface area contributed by atoms with E-state index in [9.17, 15) is 13.0 Å². The molecule has 1 heterocycles. The first-order chi connectivity index (χ1) is 18.3. The van der Waals surface area contributed by atoms with Gasteiger partial charge >= 0.3 is 0 Å². The Hall–Kier alpha value is -3.75. The van der Waals surface area contributed by atoms with Gasteiger partial charge in [0.05, 0.1) is 21.3 Å². The van der Waals surface area contributed by atoms with Crippen LogP contribution in [-0.2, 0) is 14.9 Å². The molecule has 0 radical (unpaired) electrons. The molecule has 3 unspecified atom stereocenters. The molecule has 0 bridgehead atoms. The predicted octanol–water partition coefficient (Wildman–Crippen LogP) is 5.13. The first-order valence-corrected chi connectivity index (χ1v) is 13.7. The second kappa shape index (κ2) is 9.85. The first-order valence-electron chi connectivity index (χ1n) is 12.3. The Morgan fingerprint density at radius 2 is 1.34 bits per heavy atom. The Morgan fingerprint density at radius 1 is 0.816 bits per heavy atom. The van der Waals surface area contributed by atoms with Crippen molar-refractivity contribution in [3.05, 3.63) is 113 Å². The van der Waals surface area contributed by atoms with Crippen LogP contribution in [0.3, 0.4) is 0 Å². The lowest BCUT2D eigenvalue weighted by Gasteiger charge is -2.42. The van der Waals surface area contributed by atoms with Gasteiger partial charge in [0.15, 0.2) is 4.75 Å². The van der Waals surface area contributed by atoms with E-state index in [1.165, 1.54) is 7.11 Å². The number of hydrogen-bond donors (Lipinski definition) is 1. The highest BCUT2D eigenvalue weighted by Gasteiger charge is 2.58. The molecule has 1 aliphatic heterocycles. The number of methoxy groups -OCH3 is 3. The summed E-state index contributed by atoms with van der Waals surface area (Å²) in [6.07, 6.45) is 3.40. The zero-order chi connectivity index (χ0) is 27.1. The van der Waals surface area contributed by atoms with Crippen LogP contribution in [0, 0.1) is 0 Å². The minimum absolute atomic E-state index is 0.221. The SMILES string of the molecule is COc1ccccc1C1CN(C)C2=C1C(c1ccccc1OC)C(c1ccccc1OC)(S(=O)(=O)O)C=C2. The molecule has 3 atom stereocenters. The molecule has 5 rings (SSSR count). The third-order valence-electron chi connectivity index (χ3n) is 7.69. The van der Waals surface area contributed by atoms with Gasteiger partial charge in [0.25, 0.3) is 10.1 Å². The largest absolute Gasteiger partial charge is 0.496 e. The highest BCUT2D eigenvalue weighted by atomic mass is 32.2. The van der Waals surface area contributed by atoms with Crippen molar-refractivity contribution in [1.29, 1.82) is 0 Å². The molecular formula is C30H31NO6S. The Kier molecular flexibility index (Phi) is 6.71. The van der Waals surface area contributed by atoms with E-state index in [0.29, 0.717) is 34.9 Å². The van der Waals surface area contributed by atoms with Crippen LogP contribution < -0.4 is 14.2 Å². The third kappa shape index (κ3) is 3.87. The fraction of sp³-hybridized carbons (Fsp3) is 0.267. The molecule has 8 heteroatoms. The summed E-state index contributed by atoms with van der Waals surface area (Å²) in [6.45, 7) is 0.606. The molecule has 2 aliphatic rings. The van der Waals surface area contributed by atoms with Crippen LogP contribution in [0.5, 0.6) is 17.2 Å². The van der Waals surface area contributed by atoms with Crippen molar-refractivity contribution in [1.82, 2.24) is 4.90 Å². The quantitative estimate of drug-likeness (QED) is 0.421. The molecule has 0 spiro atoms. The molecule has 3 aromatic carbocycles. The minimum atomic E-state index is -4.78. The number of nitrogens with zero attached hydrogens (tertiary/aromatic N) is 1. The summed E-state index contributed by atoms with van der Waals surface area (Å²) < 4.78 is 53.9. The van der Waals surface area contributed by atoms with E-state index in [-0.39, 0.29) is 5.92 Å². The minimum Gasteiger partial charge on any atom is -0.496 e. The van der Waals surface area contributed by atoms with Crippen LogP contribution in [0.4, 0.5) is 0 Å². The standard InChI is InChI=1S/C30H31NO6S/c1-31-19-22(20-11-5-8-14-25(20)35-2)28-24(31)17-18-30(38(32,33)34,23-13-7-10-16-27(23)37-4)29(28)21-12-6-9-15-26(21)36-3/h5-18,22,29H,19H2,1-4H3,(H,32,33,34). The van der Waals surface area contributed by atoms with Gasteiger partial charge in [-0.1, -0.05) is 60.7 Å². The molecule has 198 valence electrons. The number of likely N-dealkylation sites (N-methyl/N-ethyl adjacent to an activating group) is 1. The molecule has 0 saturated carbocycles. The lowest BCUT2D eigenvalue weighted by atomic mass is 9.68. The van der Waals surface area contributed by atoms with Gasteiger partial charge in [0.2, 0.25) is 0 Å². The smallest absolute Gasteiger partial charge is 0.279 e. The fourth-order valence-electron chi connectivity index (χ4n) is 6.08. The van der Waals surface area contributed by atoms with Crippen molar-refractivity contribution >= 4 is 10.1 Å². The number of rotatable bonds is 7. The third-order valence-corrected chi connectivity index (χ3v) is 9.13. The Morgan fingerprint density at radius 3 is 1.95 bits per heavy atom. The molecule has 0 saturated heterocycles. The normalized spacial score (nSPS) is 22.8. The van der Waals surface area contributed by atoms with Gasteiger partial charge in [-0.25, -0.2) is 0 Å². The van der Waals surface area contributed by atoms with Gasteiger partial charge in [-0.2, -0.15) is 8.42 Å². The summed E-state index contributed by atoms with van der Waals surface area (Å²) in [5.74, 6) is 0.532. The molecule has 1 N–H and O–H groups in total. The average molecular weight is 534 g/mol. The topological polar surface area (TPSA) is 85.3 Å². The second-order valence-electron chi connectivity index (χ2n) is 9.49. The van der Waals surface area contributed by atoms with Gasteiger partial charge < -0.3 is 19.1 Å². The zero-order valence-corrected chi connectivity index (χ0v) is 22.6. The Labute approximate surface area is 223 Å². The zero-order valence-electron chi connectivity index (χ0n) is 21.8. The summed E-state index contributed by atoms with van der Waals surface area (Å²) in [5, 5.41) is 0. The summed E-state index contributed by atoms with van der Waals surface area (Å²) >= 11 is 0. The number of ether oxygens (including phenoxy) is 3. The van der Waals surface area contributed by atoms with Crippen LogP contribution in [0.15, 0.2) is 96.2 Å². The monoisotopic (exact) mass is 533 g/mol. The van der Waals surface area contributed by atoms with Crippen molar-refractivity contribution in [2.45, 2.75) is 16.6 Å². The Balaban J connectivity index is 1.90. The van der Waals surface area contributed by atoms with Crippen LogP contribution in [0.2, 0.25) is 0 Å². The van der Waals surface area contributed by atoms with Crippen molar-refractivity contribution in [2.75, 3.05) is 34.9 Å². The maximum atomic E-state index is 13.7. The van der Waals surface area contributed by atoms with Crippen molar-refractivity contribution < 1.29 is 27.2 Å². The maximum Gasteiger partial charge on any atom is 0.279 e. The second-order valence-corrected chi connectivity index (χ2v) is 11.1. The lowest BCUT2D eigenvalue weighted by Crippen LogP contribution is -2.43. The van der Waals surface area contributed by atoms with Crippen LogP contribution in [0.1, 0.15) is 28.5 Å². The fourth-order valence-corrected chi connectivity index (χ4v) is 7.32. The van der Waals surface area contributed by atoms with Gasteiger partial charge in [0.1, 0.15) is 17.2 Å². The molecule has 0 fully saturated rings. The molecule has 1 aliphatic carbocycles. The van der Waals surface area contributed by atoms with E-state index in [0.717, 1.165) is 16.8 Å². The molecule has 0 aromatic heterocycles.